The van der Waals surface area contributed by atoms with Crippen molar-refractivity contribution in [1.82, 2.24) is 4.90 Å². The van der Waals surface area contributed by atoms with E-state index in [1.54, 1.807) is 50.1 Å². The largest absolute Gasteiger partial charge is 0.452 e. The zero-order valence-electron chi connectivity index (χ0n) is 16.2. The third-order valence-corrected chi connectivity index (χ3v) is 4.64. The van der Waals surface area contributed by atoms with E-state index >= 15 is 0 Å². The van der Waals surface area contributed by atoms with Crippen molar-refractivity contribution in [1.29, 1.82) is 0 Å². The minimum atomic E-state index is -0.978. The topological polar surface area (TPSA) is 92.8 Å². The molecule has 1 heterocycles. The van der Waals surface area contributed by atoms with E-state index in [4.69, 9.17) is 4.74 Å². The second-order valence-corrected chi connectivity index (χ2v) is 7.23. The van der Waals surface area contributed by atoms with Crippen LogP contribution in [0.5, 0.6) is 0 Å². The molecule has 0 bridgehead atoms. The number of hydrogen-bond donors (Lipinski definition) is 1. The minimum Gasteiger partial charge on any atom is -0.452 e. The summed E-state index contributed by atoms with van der Waals surface area (Å²) in [4.78, 5) is 49.9. The van der Waals surface area contributed by atoms with Gasteiger partial charge in [-0.3, -0.25) is 19.2 Å². The highest BCUT2D eigenvalue weighted by molar-refractivity contribution is 5.99. The van der Waals surface area contributed by atoms with E-state index in [2.05, 4.69) is 5.32 Å². The van der Waals surface area contributed by atoms with Crippen LogP contribution < -0.4 is 5.32 Å². The molecule has 0 unspecified atom stereocenters. The van der Waals surface area contributed by atoms with Crippen molar-refractivity contribution in [3.63, 3.8) is 0 Å². The molecule has 1 aliphatic rings. The third kappa shape index (κ3) is 5.39. The Labute approximate surface area is 159 Å². The lowest BCUT2D eigenvalue weighted by molar-refractivity contribution is -0.164. The Kier molecular flexibility index (Phi) is 6.71. The molecule has 27 heavy (non-hydrogen) atoms. The Bertz CT molecular complexity index is 744. The lowest BCUT2D eigenvalue weighted by Crippen LogP contribution is -2.42. The molecule has 1 aliphatic heterocycles. The second-order valence-electron chi connectivity index (χ2n) is 7.23. The molecule has 0 spiro atoms. The summed E-state index contributed by atoms with van der Waals surface area (Å²) in [5.41, 5.74) is 0.944. The summed E-state index contributed by atoms with van der Waals surface area (Å²) in [6.45, 7) is 5.50. The predicted molar refractivity (Wildman–Crippen MR) is 100 cm³/mol. The number of carbonyl (C=O) groups is 4. The van der Waals surface area contributed by atoms with Crippen molar-refractivity contribution in [3.05, 3.63) is 29.8 Å². The molecule has 1 aromatic rings. The van der Waals surface area contributed by atoms with Gasteiger partial charge in [-0.1, -0.05) is 26.0 Å². The molecule has 1 N–H and O–H groups in total. The van der Waals surface area contributed by atoms with Crippen LogP contribution >= 0.6 is 0 Å². The van der Waals surface area contributed by atoms with Crippen LogP contribution in [0, 0.1) is 11.8 Å². The Hall–Kier alpha value is -2.70. The molecule has 0 aliphatic carbocycles. The van der Waals surface area contributed by atoms with Gasteiger partial charge < -0.3 is 15.0 Å². The lowest BCUT2D eigenvalue weighted by Gasteiger charge is -2.29. The molecule has 0 aromatic heterocycles. The van der Waals surface area contributed by atoms with Gasteiger partial charge in [-0.25, -0.2) is 0 Å². The average molecular weight is 374 g/mol. The van der Waals surface area contributed by atoms with Gasteiger partial charge in [0.15, 0.2) is 11.9 Å². The molecule has 7 nitrogen and oxygen atoms in total. The average Bonchev–Trinajstić information content (AvgIpc) is 2.61. The SMILES string of the molecule is CC(=O)c1cccc(NC(=O)[C@@H](OC(=O)[C@H]2CCN(C)C(=O)C2)C(C)C)c1. The van der Waals surface area contributed by atoms with Crippen molar-refractivity contribution >= 4 is 29.3 Å². The van der Waals surface area contributed by atoms with Crippen LogP contribution in [0.25, 0.3) is 0 Å². The van der Waals surface area contributed by atoms with Gasteiger partial charge in [-0.15, -0.1) is 0 Å². The Morgan fingerprint density at radius 3 is 2.56 bits per heavy atom. The summed E-state index contributed by atoms with van der Waals surface area (Å²) in [6, 6.07) is 6.58. The predicted octanol–water partition coefficient (Wildman–Crippen LogP) is 2.26. The Balaban J connectivity index is 2.04. The smallest absolute Gasteiger partial charge is 0.310 e. The number of amides is 2. The van der Waals surface area contributed by atoms with Gasteiger partial charge in [0.1, 0.15) is 0 Å². The number of ketones is 1. The summed E-state index contributed by atoms with van der Waals surface area (Å²) >= 11 is 0. The minimum absolute atomic E-state index is 0.0996. The lowest BCUT2D eigenvalue weighted by atomic mass is 9.96. The van der Waals surface area contributed by atoms with E-state index in [0.717, 1.165) is 0 Å². The molecule has 0 radical (unpaired) electrons. The number of nitrogens with zero attached hydrogens (tertiary/aromatic N) is 1. The van der Waals surface area contributed by atoms with Gasteiger partial charge in [0.2, 0.25) is 5.91 Å². The fourth-order valence-electron chi connectivity index (χ4n) is 2.89. The molecule has 1 fully saturated rings. The number of hydrogen-bond acceptors (Lipinski definition) is 5. The molecule has 1 saturated heterocycles. The molecular weight excluding hydrogens is 348 g/mol. The van der Waals surface area contributed by atoms with E-state index in [9.17, 15) is 19.2 Å². The molecular formula is C20H26N2O5. The molecule has 1 aromatic carbocycles. The summed E-state index contributed by atoms with van der Waals surface area (Å²) < 4.78 is 5.46. The first-order chi connectivity index (χ1) is 12.7. The van der Waals surface area contributed by atoms with E-state index in [1.807, 2.05) is 0 Å². The number of anilines is 1. The Morgan fingerprint density at radius 2 is 1.96 bits per heavy atom. The summed E-state index contributed by atoms with van der Waals surface area (Å²) in [7, 11) is 1.70. The van der Waals surface area contributed by atoms with Crippen LogP contribution in [0.15, 0.2) is 24.3 Å². The van der Waals surface area contributed by atoms with Crippen LogP contribution in [-0.4, -0.2) is 48.2 Å². The first kappa shape index (κ1) is 20.6. The van der Waals surface area contributed by atoms with Gasteiger partial charge in [0.25, 0.3) is 5.91 Å². The number of nitrogens with one attached hydrogen (secondary N) is 1. The van der Waals surface area contributed by atoms with Crippen LogP contribution in [0.2, 0.25) is 0 Å². The van der Waals surface area contributed by atoms with Gasteiger partial charge in [-0.2, -0.15) is 0 Å². The zero-order valence-corrected chi connectivity index (χ0v) is 16.2. The van der Waals surface area contributed by atoms with Crippen LogP contribution in [0.4, 0.5) is 5.69 Å². The highest BCUT2D eigenvalue weighted by Crippen LogP contribution is 2.21. The standard InChI is InChI=1S/C20H26N2O5/c1-12(2)18(27-20(26)15-8-9-22(4)17(24)11-15)19(25)21-16-7-5-6-14(10-16)13(3)23/h5-7,10,12,15,18H,8-9,11H2,1-4H3,(H,21,25)/t15-,18-/m0/s1. The van der Waals surface area contributed by atoms with Crippen molar-refractivity contribution in [2.24, 2.45) is 11.8 Å². The van der Waals surface area contributed by atoms with E-state index in [1.165, 1.54) is 6.92 Å². The first-order valence-electron chi connectivity index (χ1n) is 9.05. The highest BCUT2D eigenvalue weighted by Gasteiger charge is 2.34. The highest BCUT2D eigenvalue weighted by atomic mass is 16.5. The van der Waals surface area contributed by atoms with Crippen LogP contribution in [0.1, 0.15) is 44.0 Å². The number of esters is 1. The van der Waals surface area contributed by atoms with Crippen molar-refractivity contribution < 1.29 is 23.9 Å². The number of likely N-dealkylation sites (tertiary alicyclic amines) is 1. The van der Waals surface area contributed by atoms with Crippen LogP contribution in [0.3, 0.4) is 0 Å². The number of rotatable bonds is 6. The van der Waals surface area contributed by atoms with E-state index < -0.39 is 23.9 Å². The van der Waals surface area contributed by atoms with Gasteiger partial charge in [0, 0.05) is 31.3 Å². The van der Waals surface area contributed by atoms with Gasteiger partial charge in [0.05, 0.1) is 5.92 Å². The van der Waals surface area contributed by atoms with Crippen molar-refractivity contribution in [2.75, 3.05) is 18.9 Å². The fraction of sp³-hybridized carbons (Fsp3) is 0.500. The van der Waals surface area contributed by atoms with E-state index in [-0.39, 0.29) is 24.0 Å². The van der Waals surface area contributed by atoms with Crippen molar-refractivity contribution in [2.45, 2.75) is 39.7 Å². The molecule has 2 amide bonds. The van der Waals surface area contributed by atoms with Crippen molar-refractivity contribution in [3.8, 4) is 0 Å². The summed E-state index contributed by atoms with van der Waals surface area (Å²) in [6.07, 6.45) is -0.357. The zero-order chi connectivity index (χ0) is 20.1. The second kappa shape index (κ2) is 8.79. The maximum Gasteiger partial charge on any atom is 0.310 e. The molecule has 0 saturated carbocycles. The number of Topliss-reactive ketones (excluding diaryl/α,β-unsaturated/α-hetero) is 1. The van der Waals surface area contributed by atoms with Crippen LogP contribution in [-0.2, 0) is 19.1 Å². The number of piperidine rings is 1. The summed E-state index contributed by atoms with van der Waals surface area (Å²) in [5, 5.41) is 2.70. The fourth-order valence-corrected chi connectivity index (χ4v) is 2.89. The van der Waals surface area contributed by atoms with Gasteiger partial charge >= 0.3 is 5.97 Å². The number of ether oxygens (including phenoxy) is 1. The molecule has 2 atom stereocenters. The first-order valence-corrected chi connectivity index (χ1v) is 9.05. The maximum atomic E-state index is 12.6. The molecule has 7 heteroatoms. The number of benzene rings is 1. The van der Waals surface area contributed by atoms with E-state index in [0.29, 0.717) is 24.2 Å². The molecule has 146 valence electrons. The van der Waals surface area contributed by atoms with Gasteiger partial charge in [-0.05, 0) is 31.4 Å². The summed E-state index contributed by atoms with van der Waals surface area (Å²) in [5.74, 6) is -1.96. The maximum absolute atomic E-state index is 12.6. The quantitative estimate of drug-likeness (QED) is 0.609. The third-order valence-electron chi connectivity index (χ3n) is 4.64. The Morgan fingerprint density at radius 1 is 1.26 bits per heavy atom. The molecule has 2 rings (SSSR count). The monoisotopic (exact) mass is 374 g/mol. The normalized spacial score (nSPS) is 18.2. The number of carbonyl (C=O) groups excluding carboxylic acids is 4.